The van der Waals surface area contributed by atoms with E-state index in [1.807, 2.05) is 0 Å². The van der Waals surface area contributed by atoms with Gasteiger partial charge in [0.1, 0.15) is 18.1 Å². The van der Waals surface area contributed by atoms with Gasteiger partial charge in [-0.05, 0) is 43.4 Å². The third-order valence-corrected chi connectivity index (χ3v) is 5.02. The first-order chi connectivity index (χ1) is 15.6. The molecule has 2 unspecified atom stereocenters. The number of hydrogen-bond acceptors (Lipinski definition) is 8. The maximum atomic E-state index is 12.3. The van der Waals surface area contributed by atoms with Crippen LogP contribution in [0.1, 0.15) is 53.1 Å². The summed E-state index contributed by atoms with van der Waals surface area (Å²) in [6.07, 6.45) is 1.28. The van der Waals surface area contributed by atoms with E-state index in [4.69, 9.17) is 21.7 Å². The Morgan fingerprint density at radius 2 is 1.79 bits per heavy atom. The number of anilines is 2. The molecule has 0 bridgehead atoms. The number of carbonyl (C=O) groups is 4. The summed E-state index contributed by atoms with van der Waals surface area (Å²) in [5, 5.41) is 20.1. The molecule has 1 amide bonds. The Balaban J connectivity index is 1.99. The number of nitrogen functional groups attached to an aromatic ring is 2. The fourth-order valence-corrected chi connectivity index (χ4v) is 3.24. The summed E-state index contributed by atoms with van der Waals surface area (Å²) >= 11 is 0. The van der Waals surface area contributed by atoms with Gasteiger partial charge in [0.15, 0.2) is 0 Å². The van der Waals surface area contributed by atoms with Crippen molar-refractivity contribution < 1.29 is 29.4 Å². The molecule has 33 heavy (non-hydrogen) atoms. The highest BCUT2D eigenvalue weighted by Gasteiger charge is 2.22. The van der Waals surface area contributed by atoms with Crippen molar-refractivity contribution in [2.75, 3.05) is 11.5 Å². The Bertz CT molecular complexity index is 1080. The normalized spacial score (nSPS) is 12.5. The van der Waals surface area contributed by atoms with E-state index in [0.717, 1.165) is 6.29 Å². The number of carboxylic acid groups (broad SMARTS) is 2. The number of nitrogens with zero attached hydrogens (tertiary/aromatic N) is 1. The molecule has 176 valence electrons. The summed E-state index contributed by atoms with van der Waals surface area (Å²) in [4.78, 5) is 63.9. The number of nitrogens with two attached hydrogens (primary N) is 2. The second-order valence-corrected chi connectivity index (χ2v) is 7.37. The van der Waals surface area contributed by atoms with Gasteiger partial charge in [-0.2, -0.15) is 4.98 Å². The lowest BCUT2D eigenvalue weighted by molar-refractivity contribution is -0.140. The number of aldehydes is 1. The minimum Gasteiger partial charge on any atom is -0.481 e. The average molecular weight is 459 g/mol. The smallest absolute Gasteiger partial charge is 0.326 e. The maximum absolute atomic E-state index is 12.3. The molecule has 0 saturated heterocycles. The van der Waals surface area contributed by atoms with Gasteiger partial charge < -0.3 is 31.8 Å². The van der Waals surface area contributed by atoms with Gasteiger partial charge in [-0.25, -0.2) is 4.79 Å². The third-order valence-electron chi connectivity index (χ3n) is 5.02. The predicted octanol–water partition coefficient (Wildman–Crippen LogP) is 0.288. The fourth-order valence-electron chi connectivity index (χ4n) is 3.24. The van der Waals surface area contributed by atoms with Gasteiger partial charge in [-0.15, -0.1) is 0 Å². The standard InChI is InChI=1S/C21H25N5O7/c22-17-14(19(31)26-21(23)25-17)3-1-2-13(10-27)11-4-6-12(7-5-11)18(30)24-15(20(32)33)8-9-16(28)29/h4-7,10,13,15H,1-3,8-9H2,(H,24,30)(H,28,29)(H,32,33)(H5,22,23,25,26,31). The lowest BCUT2D eigenvalue weighted by Crippen LogP contribution is -2.41. The minimum atomic E-state index is -1.34. The van der Waals surface area contributed by atoms with Crippen LogP contribution in [-0.4, -0.2) is 50.4 Å². The number of amides is 1. The molecule has 0 fully saturated rings. The molecule has 2 rings (SSSR count). The Hall–Kier alpha value is -4.22. The topological polar surface area (TPSA) is 219 Å². The highest BCUT2D eigenvalue weighted by molar-refractivity contribution is 5.96. The zero-order valence-corrected chi connectivity index (χ0v) is 17.6. The zero-order valence-electron chi connectivity index (χ0n) is 17.6. The van der Waals surface area contributed by atoms with Crippen LogP contribution >= 0.6 is 0 Å². The van der Waals surface area contributed by atoms with Crippen LogP contribution in [0.25, 0.3) is 0 Å². The summed E-state index contributed by atoms with van der Waals surface area (Å²) < 4.78 is 0. The third kappa shape index (κ3) is 7.16. The van der Waals surface area contributed by atoms with Gasteiger partial charge in [-0.3, -0.25) is 19.4 Å². The number of aromatic nitrogens is 2. The van der Waals surface area contributed by atoms with Crippen LogP contribution in [0.2, 0.25) is 0 Å². The Labute approximate surface area is 188 Å². The molecule has 0 aliphatic rings. The van der Waals surface area contributed by atoms with E-state index in [1.165, 1.54) is 12.1 Å². The number of carbonyl (C=O) groups excluding carboxylic acids is 2. The lowest BCUT2D eigenvalue weighted by Gasteiger charge is -2.15. The van der Waals surface area contributed by atoms with Gasteiger partial charge in [0.05, 0.1) is 5.56 Å². The molecule has 0 aliphatic heterocycles. The lowest BCUT2D eigenvalue weighted by atomic mass is 9.93. The van der Waals surface area contributed by atoms with E-state index in [1.54, 1.807) is 12.1 Å². The van der Waals surface area contributed by atoms with Gasteiger partial charge in [0.25, 0.3) is 11.5 Å². The van der Waals surface area contributed by atoms with Crippen molar-refractivity contribution in [1.29, 1.82) is 0 Å². The van der Waals surface area contributed by atoms with Crippen LogP contribution in [0, 0.1) is 0 Å². The van der Waals surface area contributed by atoms with Crippen molar-refractivity contribution in [3.05, 3.63) is 51.3 Å². The zero-order chi connectivity index (χ0) is 24.5. The highest BCUT2D eigenvalue weighted by Crippen LogP contribution is 2.21. The van der Waals surface area contributed by atoms with E-state index >= 15 is 0 Å². The van der Waals surface area contributed by atoms with Crippen molar-refractivity contribution >= 4 is 35.9 Å². The molecule has 1 heterocycles. The summed E-state index contributed by atoms with van der Waals surface area (Å²) in [7, 11) is 0. The highest BCUT2D eigenvalue weighted by atomic mass is 16.4. The average Bonchev–Trinajstić information content (AvgIpc) is 2.75. The number of H-pyrrole nitrogens is 1. The summed E-state index contributed by atoms with van der Waals surface area (Å²) in [5.41, 5.74) is 11.8. The second-order valence-electron chi connectivity index (χ2n) is 7.37. The van der Waals surface area contributed by atoms with Crippen LogP contribution in [0.4, 0.5) is 11.8 Å². The fraction of sp³-hybridized carbons (Fsp3) is 0.333. The molecule has 8 N–H and O–H groups in total. The quantitative estimate of drug-likeness (QED) is 0.238. The number of nitrogens with one attached hydrogen (secondary N) is 2. The molecule has 0 saturated carbocycles. The summed E-state index contributed by atoms with van der Waals surface area (Å²) in [6, 6.07) is 4.71. The second kappa shape index (κ2) is 11.4. The number of aliphatic carboxylic acids is 2. The maximum Gasteiger partial charge on any atom is 0.326 e. The molecular formula is C21H25N5O7. The number of carboxylic acids is 2. The Morgan fingerprint density at radius 1 is 1.12 bits per heavy atom. The van der Waals surface area contributed by atoms with Crippen LogP contribution in [-0.2, 0) is 20.8 Å². The van der Waals surface area contributed by atoms with E-state index in [0.29, 0.717) is 24.8 Å². The van der Waals surface area contributed by atoms with Crippen LogP contribution in [0.15, 0.2) is 29.1 Å². The number of rotatable bonds is 12. The van der Waals surface area contributed by atoms with Crippen molar-refractivity contribution in [2.45, 2.75) is 44.1 Å². The molecule has 0 radical (unpaired) electrons. The van der Waals surface area contributed by atoms with E-state index in [-0.39, 0.29) is 29.3 Å². The van der Waals surface area contributed by atoms with Crippen LogP contribution < -0.4 is 22.3 Å². The van der Waals surface area contributed by atoms with E-state index in [9.17, 15) is 24.0 Å². The van der Waals surface area contributed by atoms with E-state index < -0.39 is 41.8 Å². The molecule has 0 aliphatic carbocycles. The van der Waals surface area contributed by atoms with Crippen LogP contribution in [0.5, 0.6) is 0 Å². The Kier molecular flexibility index (Phi) is 8.66. The number of benzene rings is 1. The molecule has 12 nitrogen and oxygen atoms in total. The van der Waals surface area contributed by atoms with E-state index in [2.05, 4.69) is 15.3 Å². The van der Waals surface area contributed by atoms with Crippen molar-refractivity contribution in [1.82, 2.24) is 15.3 Å². The minimum absolute atomic E-state index is 0.0392. The number of aromatic amines is 1. The van der Waals surface area contributed by atoms with Crippen molar-refractivity contribution in [3.8, 4) is 0 Å². The number of hydrogen-bond donors (Lipinski definition) is 6. The van der Waals surface area contributed by atoms with Gasteiger partial charge >= 0.3 is 11.9 Å². The van der Waals surface area contributed by atoms with Crippen molar-refractivity contribution in [2.24, 2.45) is 0 Å². The molecule has 12 heteroatoms. The SMILES string of the molecule is Nc1nc(N)c(CCCC(C=O)c2ccc(C(=O)NC(CCC(=O)O)C(=O)O)cc2)c(=O)[nH]1. The largest absolute Gasteiger partial charge is 0.481 e. The van der Waals surface area contributed by atoms with Gasteiger partial charge in [0.2, 0.25) is 5.95 Å². The molecule has 1 aromatic carbocycles. The molecule has 1 aromatic heterocycles. The molecule has 0 spiro atoms. The first-order valence-electron chi connectivity index (χ1n) is 10.1. The molecule has 2 atom stereocenters. The summed E-state index contributed by atoms with van der Waals surface area (Å²) in [6.45, 7) is 0. The van der Waals surface area contributed by atoms with Gasteiger partial charge in [0, 0.05) is 17.9 Å². The Morgan fingerprint density at radius 3 is 2.33 bits per heavy atom. The first-order valence-corrected chi connectivity index (χ1v) is 10.1. The predicted molar refractivity (Wildman–Crippen MR) is 118 cm³/mol. The van der Waals surface area contributed by atoms with Gasteiger partial charge in [-0.1, -0.05) is 12.1 Å². The molecule has 2 aromatic rings. The van der Waals surface area contributed by atoms with Crippen LogP contribution in [0.3, 0.4) is 0 Å². The molecular weight excluding hydrogens is 434 g/mol. The monoisotopic (exact) mass is 459 g/mol. The summed E-state index contributed by atoms with van der Waals surface area (Å²) in [5.74, 6) is -3.71. The van der Waals surface area contributed by atoms with Crippen molar-refractivity contribution in [3.63, 3.8) is 0 Å². The first kappa shape index (κ1) is 25.0.